The SMILES string of the molecule is C1COC(CCN2CCCNCC2)C1. The summed E-state index contributed by atoms with van der Waals surface area (Å²) in [6, 6.07) is 0. The number of rotatable bonds is 3. The lowest BCUT2D eigenvalue weighted by Gasteiger charge is -2.20. The first-order valence-electron chi connectivity index (χ1n) is 6.00. The van der Waals surface area contributed by atoms with Gasteiger partial charge < -0.3 is 15.0 Å². The highest BCUT2D eigenvalue weighted by molar-refractivity contribution is 4.70. The lowest BCUT2D eigenvalue weighted by Crippen LogP contribution is -2.30. The quantitative estimate of drug-likeness (QED) is 0.727. The summed E-state index contributed by atoms with van der Waals surface area (Å²) in [5, 5.41) is 3.43. The van der Waals surface area contributed by atoms with Gasteiger partial charge in [-0.05, 0) is 38.8 Å². The molecule has 3 nitrogen and oxygen atoms in total. The lowest BCUT2D eigenvalue weighted by molar-refractivity contribution is 0.0928. The summed E-state index contributed by atoms with van der Waals surface area (Å²) < 4.78 is 5.63. The number of ether oxygens (including phenoxy) is 1. The maximum absolute atomic E-state index is 5.63. The molecule has 14 heavy (non-hydrogen) atoms. The fourth-order valence-corrected chi connectivity index (χ4v) is 2.32. The summed E-state index contributed by atoms with van der Waals surface area (Å²) in [6.07, 6.45) is 5.65. The molecule has 2 aliphatic rings. The molecule has 0 bridgehead atoms. The topological polar surface area (TPSA) is 24.5 Å². The van der Waals surface area contributed by atoms with Crippen LogP contribution in [0.5, 0.6) is 0 Å². The van der Waals surface area contributed by atoms with Crippen molar-refractivity contribution in [2.24, 2.45) is 0 Å². The van der Waals surface area contributed by atoms with E-state index in [0.29, 0.717) is 6.10 Å². The van der Waals surface area contributed by atoms with Gasteiger partial charge in [0.1, 0.15) is 0 Å². The fourth-order valence-electron chi connectivity index (χ4n) is 2.32. The van der Waals surface area contributed by atoms with E-state index in [-0.39, 0.29) is 0 Å². The molecule has 0 radical (unpaired) electrons. The maximum Gasteiger partial charge on any atom is 0.0588 e. The normalized spacial score (nSPS) is 30.4. The molecular weight excluding hydrogens is 176 g/mol. The molecule has 1 unspecified atom stereocenters. The third-order valence-corrected chi connectivity index (χ3v) is 3.22. The predicted molar refractivity (Wildman–Crippen MR) is 57.5 cm³/mol. The van der Waals surface area contributed by atoms with Gasteiger partial charge in [-0.2, -0.15) is 0 Å². The van der Waals surface area contributed by atoms with Crippen molar-refractivity contribution < 1.29 is 4.74 Å². The Morgan fingerprint density at radius 1 is 1.21 bits per heavy atom. The fraction of sp³-hybridized carbons (Fsp3) is 1.00. The Kier molecular flexibility index (Phi) is 4.22. The van der Waals surface area contributed by atoms with Crippen LogP contribution in [0.15, 0.2) is 0 Å². The zero-order valence-corrected chi connectivity index (χ0v) is 9.00. The molecular formula is C11H22N2O. The van der Waals surface area contributed by atoms with Gasteiger partial charge >= 0.3 is 0 Å². The predicted octanol–water partition coefficient (Wildman–Crippen LogP) is 0.851. The van der Waals surface area contributed by atoms with Crippen LogP contribution in [0.25, 0.3) is 0 Å². The van der Waals surface area contributed by atoms with Crippen LogP contribution in [0.1, 0.15) is 25.7 Å². The minimum absolute atomic E-state index is 0.561. The molecule has 1 N–H and O–H groups in total. The van der Waals surface area contributed by atoms with Crippen molar-refractivity contribution in [3.05, 3.63) is 0 Å². The summed E-state index contributed by atoms with van der Waals surface area (Å²) >= 11 is 0. The monoisotopic (exact) mass is 198 g/mol. The Balaban J connectivity index is 1.62. The number of hydrogen-bond donors (Lipinski definition) is 1. The Hall–Kier alpha value is -0.120. The highest BCUT2D eigenvalue weighted by Gasteiger charge is 2.17. The minimum atomic E-state index is 0.561. The first kappa shape index (κ1) is 10.4. The molecule has 0 aromatic carbocycles. The molecule has 2 fully saturated rings. The van der Waals surface area contributed by atoms with E-state index in [1.807, 2.05) is 0 Å². The highest BCUT2D eigenvalue weighted by atomic mass is 16.5. The number of nitrogens with one attached hydrogen (secondary N) is 1. The van der Waals surface area contributed by atoms with Crippen molar-refractivity contribution in [3.63, 3.8) is 0 Å². The largest absolute Gasteiger partial charge is 0.378 e. The van der Waals surface area contributed by atoms with Crippen LogP contribution in [0.4, 0.5) is 0 Å². The molecule has 2 heterocycles. The highest BCUT2D eigenvalue weighted by Crippen LogP contribution is 2.15. The van der Waals surface area contributed by atoms with E-state index in [1.54, 1.807) is 0 Å². The average Bonchev–Trinajstić information content (AvgIpc) is 2.58. The molecule has 82 valence electrons. The second-order valence-corrected chi connectivity index (χ2v) is 4.37. The molecule has 0 spiro atoms. The summed E-state index contributed by atoms with van der Waals surface area (Å²) in [4.78, 5) is 2.57. The molecule has 0 aliphatic carbocycles. The van der Waals surface area contributed by atoms with Gasteiger partial charge in [0.2, 0.25) is 0 Å². The molecule has 3 heteroatoms. The summed E-state index contributed by atoms with van der Waals surface area (Å²) in [5.41, 5.74) is 0. The first-order chi connectivity index (χ1) is 6.95. The second-order valence-electron chi connectivity index (χ2n) is 4.37. The van der Waals surface area contributed by atoms with Gasteiger partial charge in [-0.3, -0.25) is 0 Å². The summed E-state index contributed by atoms with van der Waals surface area (Å²) in [7, 11) is 0. The lowest BCUT2D eigenvalue weighted by atomic mass is 10.2. The Morgan fingerprint density at radius 3 is 3.07 bits per heavy atom. The van der Waals surface area contributed by atoms with Gasteiger partial charge in [0.05, 0.1) is 6.10 Å². The Morgan fingerprint density at radius 2 is 2.21 bits per heavy atom. The van der Waals surface area contributed by atoms with Crippen molar-refractivity contribution in [1.29, 1.82) is 0 Å². The zero-order chi connectivity index (χ0) is 9.64. The third kappa shape index (κ3) is 3.23. The molecule has 0 amide bonds. The van der Waals surface area contributed by atoms with E-state index < -0.39 is 0 Å². The van der Waals surface area contributed by atoms with Gasteiger partial charge in [0, 0.05) is 26.2 Å². The van der Waals surface area contributed by atoms with Crippen LogP contribution in [-0.2, 0) is 4.74 Å². The van der Waals surface area contributed by atoms with E-state index >= 15 is 0 Å². The Bertz CT molecular complexity index is 149. The van der Waals surface area contributed by atoms with Gasteiger partial charge in [0.15, 0.2) is 0 Å². The van der Waals surface area contributed by atoms with Crippen molar-refractivity contribution in [2.45, 2.75) is 31.8 Å². The summed E-state index contributed by atoms with van der Waals surface area (Å²) in [6.45, 7) is 7.05. The van der Waals surface area contributed by atoms with Crippen LogP contribution in [0, 0.1) is 0 Å². The van der Waals surface area contributed by atoms with Crippen LogP contribution >= 0.6 is 0 Å². The van der Waals surface area contributed by atoms with Crippen LogP contribution < -0.4 is 5.32 Å². The smallest absolute Gasteiger partial charge is 0.0588 e. The average molecular weight is 198 g/mol. The molecule has 1 atom stereocenters. The van der Waals surface area contributed by atoms with Crippen molar-refractivity contribution in [1.82, 2.24) is 10.2 Å². The van der Waals surface area contributed by atoms with Gasteiger partial charge in [-0.1, -0.05) is 0 Å². The minimum Gasteiger partial charge on any atom is -0.378 e. The first-order valence-corrected chi connectivity index (χ1v) is 6.00. The Labute approximate surface area is 86.8 Å². The number of nitrogens with zero attached hydrogens (tertiary/aromatic N) is 1. The van der Waals surface area contributed by atoms with E-state index in [4.69, 9.17) is 4.74 Å². The van der Waals surface area contributed by atoms with E-state index in [0.717, 1.165) is 13.2 Å². The van der Waals surface area contributed by atoms with E-state index in [1.165, 1.54) is 51.9 Å². The molecule has 0 aromatic heterocycles. The molecule has 0 aromatic rings. The molecule has 2 aliphatic heterocycles. The van der Waals surface area contributed by atoms with Crippen molar-refractivity contribution in [3.8, 4) is 0 Å². The van der Waals surface area contributed by atoms with Crippen molar-refractivity contribution >= 4 is 0 Å². The standard InChI is InChI=1S/C11H22N2O/c1-3-11(14-10-1)4-8-13-7-2-5-12-6-9-13/h11-12H,1-10H2. The van der Waals surface area contributed by atoms with Gasteiger partial charge in [-0.25, -0.2) is 0 Å². The third-order valence-electron chi connectivity index (χ3n) is 3.22. The van der Waals surface area contributed by atoms with E-state index in [2.05, 4.69) is 10.2 Å². The maximum atomic E-state index is 5.63. The second kappa shape index (κ2) is 5.69. The van der Waals surface area contributed by atoms with Gasteiger partial charge in [-0.15, -0.1) is 0 Å². The van der Waals surface area contributed by atoms with Crippen LogP contribution in [-0.4, -0.2) is 50.3 Å². The molecule has 2 saturated heterocycles. The zero-order valence-electron chi connectivity index (χ0n) is 9.00. The van der Waals surface area contributed by atoms with Crippen LogP contribution in [0.2, 0.25) is 0 Å². The molecule has 2 rings (SSSR count). The number of hydrogen-bond acceptors (Lipinski definition) is 3. The summed E-state index contributed by atoms with van der Waals surface area (Å²) in [5.74, 6) is 0. The van der Waals surface area contributed by atoms with Gasteiger partial charge in [0.25, 0.3) is 0 Å². The van der Waals surface area contributed by atoms with Crippen LogP contribution in [0.3, 0.4) is 0 Å². The van der Waals surface area contributed by atoms with Crippen molar-refractivity contribution in [2.75, 3.05) is 39.3 Å². The molecule has 0 saturated carbocycles. The van der Waals surface area contributed by atoms with E-state index in [9.17, 15) is 0 Å².